The molecule has 1 aromatic heterocycles. The Morgan fingerprint density at radius 1 is 1.14 bits per heavy atom. The Hall–Kier alpha value is -2.93. The van der Waals surface area contributed by atoms with Crippen LogP contribution in [0.2, 0.25) is 0 Å². The molecule has 0 saturated heterocycles. The van der Waals surface area contributed by atoms with Crippen molar-refractivity contribution in [3.8, 4) is 0 Å². The molecule has 0 fully saturated rings. The number of nitrogens with two attached hydrogens (primary N) is 2. The summed E-state index contributed by atoms with van der Waals surface area (Å²) in [5.74, 6) is 0.461. The van der Waals surface area contributed by atoms with Crippen LogP contribution in [0, 0.1) is 0 Å². The van der Waals surface area contributed by atoms with E-state index in [2.05, 4.69) is 23.9 Å². The van der Waals surface area contributed by atoms with Crippen LogP contribution >= 0.6 is 0 Å². The molecule has 1 aromatic carbocycles. The van der Waals surface area contributed by atoms with Crippen LogP contribution in [0.15, 0.2) is 41.0 Å². The summed E-state index contributed by atoms with van der Waals surface area (Å²) < 4.78 is 1.87. The first kappa shape index (κ1) is 20.8. The molecule has 1 aliphatic rings. The predicted molar refractivity (Wildman–Crippen MR) is 117 cm³/mol. The highest BCUT2D eigenvalue weighted by molar-refractivity contribution is 6.05. The highest BCUT2D eigenvalue weighted by Crippen LogP contribution is 2.27. The number of carbonyl (C=O) groups is 1. The van der Waals surface area contributed by atoms with E-state index in [4.69, 9.17) is 11.5 Å². The maximum atomic E-state index is 13.2. The third kappa shape index (κ3) is 4.92. The van der Waals surface area contributed by atoms with Crippen LogP contribution in [0.3, 0.4) is 0 Å². The molecule has 0 aliphatic carbocycles. The lowest BCUT2D eigenvalue weighted by atomic mass is 10.1. The van der Waals surface area contributed by atoms with E-state index in [1.54, 1.807) is 6.20 Å². The fourth-order valence-electron chi connectivity index (χ4n) is 3.50. The molecule has 154 valence electrons. The number of benzene rings is 1. The summed E-state index contributed by atoms with van der Waals surface area (Å²) in [5, 5.41) is 4.48. The SMILES string of the molecule is CCCN(CCC)C(=O)C1=Cc2c(cnn2Cc2ccc(CN)cc2)N=C(N)C1. The number of aromatic nitrogens is 2. The zero-order valence-corrected chi connectivity index (χ0v) is 17.3. The number of nitrogens with zero attached hydrogens (tertiary/aromatic N) is 4. The van der Waals surface area contributed by atoms with Gasteiger partial charge in [-0.2, -0.15) is 5.10 Å². The van der Waals surface area contributed by atoms with Crippen LogP contribution in [-0.2, 0) is 17.9 Å². The Bertz CT molecular complexity index is 904. The monoisotopic (exact) mass is 394 g/mol. The van der Waals surface area contributed by atoms with Gasteiger partial charge in [-0.1, -0.05) is 38.1 Å². The standard InChI is InChI=1S/C22H30N6O/c1-3-9-27(10-4-2)22(29)18-11-20-19(26-21(24)12-18)14-25-28(20)15-17-7-5-16(13-23)6-8-17/h5-8,11,14H,3-4,9-10,12-13,15,23H2,1-2H3,(H2,24,26). The van der Waals surface area contributed by atoms with Crippen LogP contribution in [0.5, 0.6) is 0 Å². The third-order valence-electron chi connectivity index (χ3n) is 4.95. The Balaban J connectivity index is 1.92. The molecule has 2 heterocycles. The largest absolute Gasteiger partial charge is 0.387 e. The van der Waals surface area contributed by atoms with Gasteiger partial charge < -0.3 is 16.4 Å². The van der Waals surface area contributed by atoms with Crippen molar-refractivity contribution in [3.63, 3.8) is 0 Å². The molecule has 0 unspecified atom stereocenters. The minimum Gasteiger partial charge on any atom is -0.387 e. The van der Waals surface area contributed by atoms with E-state index in [0.717, 1.165) is 42.8 Å². The van der Waals surface area contributed by atoms with Gasteiger partial charge in [-0.3, -0.25) is 9.48 Å². The van der Waals surface area contributed by atoms with Gasteiger partial charge in [0.2, 0.25) is 5.91 Å². The summed E-state index contributed by atoms with van der Waals surface area (Å²) in [6.45, 7) is 6.74. The van der Waals surface area contributed by atoms with Gasteiger partial charge in [-0.05, 0) is 30.0 Å². The van der Waals surface area contributed by atoms with Gasteiger partial charge in [0.15, 0.2) is 0 Å². The molecule has 3 rings (SSSR count). The van der Waals surface area contributed by atoms with Crippen LogP contribution in [0.1, 0.15) is 49.9 Å². The van der Waals surface area contributed by atoms with E-state index in [-0.39, 0.29) is 5.91 Å². The fourth-order valence-corrected chi connectivity index (χ4v) is 3.50. The first-order chi connectivity index (χ1) is 14.0. The molecule has 0 radical (unpaired) electrons. The Labute approximate surface area is 172 Å². The summed E-state index contributed by atoms with van der Waals surface area (Å²) >= 11 is 0. The molecule has 7 heteroatoms. The number of aliphatic imine (C=N–C) groups is 1. The molecule has 0 atom stereocenters. The average Bonchev–Trinajstić information content (AvgIpc) is 2.98. The zero-order chi connectivity index (χ0) is 20.8. The van der Waals surface area contributed by atoms with Gasteiger partial charge in [-0.15, -0.1) is 0 Å². The normalized spacial score (nSPS) is 13.3. The second kappa shape index (κ2) is 9.52. The van der Waals surface area contributed by atoms with Crippen molar-refractivity contribution in [1.82, 2.24) is 14.7 Å². The second-order valence-corrected chi connectivity index (χ2v) is 7.34. The maximum Gasteiger partial charge on any atom is 0.250 e. The lowest BCUT2D eigenvalue weighted by Crippen LogP contribution is -2.34. The Morgan fingerprint density at radius 3 is 2.41 bits per heavy atom. The van der Waals surface area contributed by atoms with Gasteiger partial charge in [0.1, 0.15) is 11.5 Å². The summed E-state index contributed by atoms with van der Waals surface area (Å²) in [4.78, 5) is 19.5. The molecule has 0 bridgehead atoms. The number of carbonyl (C=O) groups excluding carboxylic acids is 1. The second-order valence-electron chi connectivity index (χ2n) is 7.34. The first-order valence-electron chi connectivity index (χ1n) is 10.2. The third-order valence-corrected chi connectivity index (χ3v) is 4.95. The minimum atomic E-state index is 0.0275. The van der Waals surface area contributed by atoms with Gasteiger partial charge >= 0.3 is 0 Å². The van der Waals surface area contributed by atoms with Gasteiger partial charge in [0.05, 0.1) is 18.4 Å². The first-order valence-corrected chi connectivity index (χ1v) is 10.2. The number of amidine groups is 1. The zero-order valence-electron chi connectivity index (χ0n) is 17.3. The van der Waals surface area contributed by atoms with Crippen LogP contribution < -0.4 is 11.5 Å². The van der Waals surface area contributed by atoms with E-state index in [9.17, 15) is 4.79 Å². The highest BCUT2D eigenvalue weighted by Gasteiger charge is 2.22. The quantitative estimate of drug-likeness (QED) is 0.718. The molecule has 0 spiro atoms. The lowest BCUT2D eigenvalue weighted by molar-refractivity contribution is -0.127. The average molecular weight is 395 g/mol. The van der Waals surface area contributed by atoms with Gasteiger partial charge in [0.25, 0.3) is 0 Å². The molecule has 1 amide bonds. The van der Waals surface area contributed by atoms with Crippen molar-refractivity contribution in [2.45, 2.75) is 46.2 Å². The number of hydrogen-bond donors (Lipinski definition) is 2. The molecule has 4 N–H and O–H groups in total. The van der Waals surface area contributed by atoms with E-state index < -0.39 is 0 Å². The topological polar surface area (TPSA) is 103 Å². The molecule has 7 nitrogen and oxygen atoms in total. The fraction of sp³-hybridized carbons (Fsp3) is 0.409. The van der Waals surface area contributed by atoms with Crippen molar-refractivity contribution in [2.24, 2.45) is 16.5 Å². The molecular weight excluding hydrogens is 364 g/mol. The van der Waals surface area contributed by atoms with Crippen molar-refractivity contribution >= 4 is 23.5 Å². The van der Waals surface area contributed by atoms with E-state index in [1.807, 2.05) is 39.9 Å². The molecular formula is C22H30N6O. The summed E-state index contributed by atoms with van der Waals surface area (Å²) in [7, 11) is 0. The predicted octanol–water partition coefficient (Wildman–Crippen LogP) is 2.81. The van der Waals surface area contributed by atoms with Crippen molar-refractivity contribution in [3.05, 3.63) is 52.9 Å². The number of hydrogen-bond acceptors (Lipinski definition) is 5. The number of fused-ring (bicyclic) bond motifs is 1. The number of amides is 1. The molecule has 2 aromatic rings. The minimum absolute atomic E-state index is 0.0275. The molecule has 29 heavy (non-hydrogen) atoms. The summed E-state index contributed by atoms with van der Waals surface area (Å²) in [6, 6.07) is 8.13. The summed E-state index contributed by atoms with van der Waals surface area (Å²) in [5.41, 5.74) is 16.1. The number of rotatable bonds is 8. The van der Waals surface area contributed by atoms with E-state index >= 15 is 0 Å². The van der Waals surface area contributed by atoms with Crippen LogP contribution in [0.25, 0.3) is 6.08 Å². The highest BCUT2D eigenvalue weighted by atomic mass is 16.2. The molecule has 1 aliphatic heterocycles. The van der Waals surface area contributed by atoms with E-state index in [0.29, 0.717) is 36.6 Å². The van der Waals surface area contributed by atoms with Crippen LogP contribution in [0.4, 0.5) is 5.69 Å². The van der Waals surface area contributed by atoms with Crippen molar-refractivity contribution in [1.29, 1.82) is 0 Å². The van der Waals surface area contributed by atoms with Crippen molar-refractivity contribution < 1.29 is 4.79 Å². The Kier molecular flexibility index (Phi) is 6.82. The van der Waals surface area contributed by atoms with E-state index in [1.165, 1.54) is 0 Å². The lowest BCUT2D eigenvalue weighted by Gasteiger charge is -2.22. The van der Waals surface area contributed by atoms with Gasteiger partial charge in [-0.25, -0.2) is 4.99 Å². The Morgan fingerprint density at radius 2 is 1.79 bits per heavy atom. The molecule has 0 saturated carbocycles. The summed E-state index contributed by atoms with van der Waals surface area (Å²) in [6.07, 6.45) is 5.80. The van der Waals surface area contributed by atoms with Crippen LogP contribution in [-0.4, -0.2) is 39.5 Å². The van der Waals surface area contributed by atoms with Gasteiger partial charge in [0, 0.05) is 31.6 Å². The van der Waals surface area contributed by atoms with Crippen molar-refractivity contribution in [2.75, 3.05) is 13.1 Å². The smallest absolute Gasteiger partial charge is 0.250 e. The maximum absolute atomic E-state index is 13.2.